The molecule has 1 heterocycles. The van der Waals surface area contributed by atoms with E-state index in [0.717, 1.165) is 32.7 Å². The number of benzene rings is 1. The Morgan fingerprint density at radius 1 is 1.14 bits per heavy atom. The van der Waals surface area contributed by atoms with Crippen molar-refractivity contribution in [1.82, 2.24) is 4.90 Å². The van der Waals surface area contributed by atoms with Gasteiger partial charge in [0.2, 0.25) is 0 Å². The van der Waals surface area contributed by atoms with Crippen LogP contribution in [0.4, 0.5) is 5.69 Å². The molecule has 1 fully saturated rings. The summed E-state index contributed by atoms with van der Waals surface area (Å²) in [7, 11) is 0. The first kappa shape index (κ1) is 16.3. The van der Waals surface area contributed by atoms with E-state index < -0.39 is 0 Å². The number of aryl methyl sites for hydroxylation is 1. The van der Waals surface area contributed by atoms with E-state index in [1.807, 2.05) is 0 Å². The fraction of sp³-hybridized carbons (Fsp3) is 0.667. The first-order valence-corrected chi connectivity index (χ1v) is 8.32. The highest BCUT2D eigenvalue weighted by Gasteiger charge is 2.21. The largest absolute Gasteiger partial charge is 0.369 e. The maximum absolute atomic E-state index is 6.29. The van der Waals surface area contributed by atoms with Crippen LogP contribution in [0, 0.1) is 19.8 Å². The molecule has 0 aromatic heterocycles. The maximum Gasteiger partial charge on any atom is 0.0399 e. The molecular formula is C18H31N3. The van der Waals surface area contributed by atoms with Crippen molar-refractivity contribution in [3.05, 3.63) is 29.3 Å². The summed E-state index contributed by atoms with van der Waals surface area (Å²) in [5, 5.41) is 0. The van der Waals surface area contributed by atoms with Crippen molar-refractivity contribution in [2.75, 3.05) is 37.6 Å². The van der Waals surface area contributed by atoms with Crippen molar-refractivity contribution in [2.24, 2.45) is 11.7 Å². The van der Waals surface area contributed by atoms with Gasteiger partial charge in [0.25, 0.3) is 0 Å². The van der Waals surface area contributed by atoms with Gasteiger partial charge in [-0.25, -0.2) is 0 Å². The Kier molecular flexibility index (Phi) is 5.65. The lowest BCUT2D eigenvalue weighted by Crippen LogP contribution is -2.51. The first-order chi connectivity index (χ1) is 10.0. The first-order valence-electron chi connectivity index (χ1n) is 8.32. The lowest BCUT2D eigenvalue weighted by molar-refractivity contribution is 0.220. The predicted molar refractivity (Wildman–Crippen MR) is 92.0 cm³/mol. The van der Waals surface area contributed by atoms with E-state index in [4.69, 9.17) is 5.73 Å². The van der Waals surface area contributed by atoms with E-state index in [1.165, 1.54) is 23.2 Å². The molecule has 1 aliphatic heterocycles. The zero-order valence-corrected chi connectivity index (χ0v) is 14.1. The van der Waals surface area contributed by atoms with E-state index in [9.17, 15) is 0 Å². The van der Waals surface area contributed by atoms with E-state index in [2.05, 4.69) is 55.7 Å². The van der Waals surface area contributed by atoms with Crippen molar-refractivity contribution in [3.63, 3.8) is 0 Å². The fourth-order valence-electron chi connectivity index (χ4n) is 3.03. The summed E-state index contributed by atoms with van der Waals surface area (Å²) < 4.78 is 0. The summed E-state index contributed by atoms with van der Waals surface area (Å²) in [5.41, 5.74) is 10.5. The molecule has 1 aromatic carbocycles. The highest BCUT2D eigenvalue weighted by atomic mass is 15.3. The van der Waals surface area contributed by atoms with Gasteiger partial charge in [0.05, 0.1) is 0 Å². The topological polar surface area (TPSA) is 32.5 Å². The molecule has 0 saturated carbocycles. The van der Waals surface area contributed by atoms with Gasteiger partial charge in [-0.15, -0.1) is 0 Å². The molecule has 0 aliphatic carbocycles. The highest BCUT2D eigenvalue weighted by molar-refractivity contribution is 5.56. The van der Waals surface area contributed by atoms with E-state index in [1.54, 1.807) is 0 Å². The van der Waals surface area contributed by atoms with Crippen molar-refractivity contribution >= 4 is 5.69 Å². The Bertz CT molecular complexity index is 450. The third-order valence-corrected chi connectivity index (χ3v) is 5.13. The third-order valence-electron chi connectivity index (χ3n) is 5.13. The van der Waals surface area contributed by atoms with Crippen molar-refractivity contribution < 1.29 is 0 Å². The summed E-state index contributed by atoms with van der Waals surface area (Å²) >= 11 is 0. The molecule has 3 nitrogen and oxygen atoms in total. The predicted octanol–water partition coefficient (Wildman–Crippen LogP) is 2.80. The van der Waals surface area contributed by atoms with Crippen LogP contribution in [0.25, 0.3) is 0 Å². The van der Waals surface area contributed by atoms with Gasteiger partial charge in [0, 0.05) is 44.5 Å². The molecule has 2 rings (SSSR count). The normalized spacial score (nSPS) is 19.6. The molecule has 2 unspecified atom stereocenters. The van der Waals surface area contributed by atoms with Gasteiger partial charge < -0.3 is 10.6 Å². The average molecular weight is 289 g/mol. The van der Waals surface area contributed by atoms with Gasteiger partial charge >= 0.3 is 0 Å². The second kappa shape index (κ2) is 7.28. The van der Waals surface area contributed by atoms with Gasteiger partial charge in [0.1, 0.15) is 0 Å². The molecule has 21 heavy (non-hydrogen) atoms. The van der Waals surface area contributed by atoms with E-state index >= 15 is 0 Å². The monoisotopic (exact) mass is 289 g/mol. The SMILES string of the molecule is CCC(C)C(N)CN1CCN(c2cccc(C)c2C)CC1. The number of nitrogens with zero attached hydrogens (tertiary/aromatic N) is 2. The molecule has 1 aliphatic rings. The average Bonchev–Trinajstić information content (AvgIpc) is 2.50. The smallest absolute Gasteiger partial charge is 0.0399 e. The van der Waals surface area contributed by atoms with Crippen LogP contribution in [-0.4, -0.2) is 43.7 Å². The molecule has 1 aromatic rings. The number of rotatable bonds is 5. The summed E-state index contributed by atoms with van der Waals surface area (Å²) in [6, 6.07) is 6.92. The Hall–Kier alpha value is -1.06. The van der Waals surface area contributed by atoms with Crippen LogP contribution in [0.1, 0.15) is 31.4 Å². The van der Waals surface area contributed by atoms with Crippen LogP contribution in [-0.2, 0) is 0 Å². The Morgan fingerprint density at radius 2 is 1.81 bits per heavy atom. The lowest BCUT2D eigenvalue weighted by atomic mass is 9.99. The molecule has 2 N–H and O–H groups in total. The van der Waals surface area contributed by atoms with Gasteiger partial charge in [-0.3, -0.25) is 4.90 Å². The molecule has 1 saturated heterocycles. The molecule has 0 radical (unpaired) electrons. The summed E-state index contributed by atoms with van der Waals surface area (Å²) in [4.78, 5) is 5.05. The second-order valence-electron chi connectivity index (χ2n) is 6.56. The minimum atomic E-state index is 0.308. The number of anilines is 1. The number of piperazine rings is 1. The Morgan fingerprint density at radius 3 is 2.43 bits per heavy atom. The minimum Gasteiger partial charge on any atom is -0.369 e. The zero-order valence-electron chi connectivity index (χ0n) is 14.1. The lowest BCUT2D eigenvalue weighted by Gasteiger charge is -2.38. The van der Waals surface area contributed by atoms with E-state index in [0.29, 0.717) is 12.0 Å². The van der Waals surface area contributed by atoms with E-state index in [-0.39, 0.29) is 0 Å². The van der Waals surface area contributed by atoms with Crippen LogP contribution >= 0.6 is 0 Å². The second-order valence-corrected chi connectivity index (χ2v) is 6.56. The van der Waals surface area contributed by atoms with Crippen molar-refractivity contribution in [3.8, 4) is 0 Å². The number of hydrogen-bond donors (Lipinski definition) is 1. The summed E-state index contributed by atoms with van der Waals surface area (Å²) in [6.07, 6.45) is 1.17. The van der Waals surface area contributed by atoms with Gasteiger partial charge in [-0.1, -0.05) is 32.4 Å². The Labute approximate surface area is 130 Å². The van der Waals surface area contributed by atoms with Gasteiger partial charge in [-0.05, 0) is 37.0 Å². The van der Waals surface area contributed by atoms with Crippen molar-refractivity contribution in [1.29, 1.82) is 0 Å². The number of hydrogen-bond acceptors (Lipinski definition) is 3. The highest BCUT2D eigenvalue weighted by Crippen LogP contribution is 2.24. The molecule has 118 valence electrons. The molecule has 0 amide bonds. The molecule has 3 heteroatoms. The molecule has 2 atom stereocenters. The number of nitrogens with two attached hydrogens (primary N) is 1. The zero-order chi connectivity index (χ0) is 15.4. The van der Waals surface area contributed by atoms with Crippen LogP contribution in [0.5, 0.6) is 0 Å². The standard InChI is InChI=1S/C18H31N3/c1-5-14(2)17(19)13-20-9-11-21(12-10-20)18-8-6-7-15(3)16(18)4/h6-8,14,17H,5,9-13,19H2,1-4H3. The summed E-state index contributed by atoms with van der Waals surface area (Å²) in [5.74, 6) is 0.613. The molecule has 0 bridgehead atoms. The summed E-state index contributed by atoms with van der Waals surface area (Å²) in [6.45, 7) is 14.4. The molecular weight excluding hydrogens is 258 g/mol. The fourth-order valence-corrected chi connectivity index (χ4v) is 3.03. The van der Waals surface area contributed by atoms with Crippen LogP contribution in [0.2, 0.25) is 0 Å². The van der Waals surface area contributed by atoms with Crippen LogP contribution in [0.15, 0.2) is 18.2 Å². The quantitative estimate of drug-likeness (QED) is 0.904. The third kappa shape index (κ3) is 3.98. The minimum absolute atomic E-state index is 0.308. The van der Waals surface area contributed by atoms with Crippen LogP contribution < -0.4 is 10.6 Å². The molecule has 0 spiro atoms. The Balaban J connectivity index is 1.90. The van der Waals surface area contributed by atoms with Gasteiger partial charge in [-0.2, -0.15) is 0 Å². The maximum atomic E-state index is 6.29. The van der Waals surface area contributed by atoms with Gasteiger partial charge in [0.15, 0.2) is 0 Å². The van der Waals surface area contributed by atoms with Crippen molar-refractivity contribution in [2.45, 2.75) is 40.2 Å². The van der Waals surface area contributed by atoms with Crippen LogP contribution in [0.3, 0.4) is 0 Å².